The molecule has 0 saturated carbocycles. The van der Waals surface area contributed by atoms with Gasteiger partial charge in [-0.15, -0.1) is 0 Å². The fourth-order valence-electron chi connectivity index (χ4n) is 1.68. The number of hydrogen-bond donors (Lipinski definition) is 1. The Kier molecular flexibility index (Phi) is 4.24. The summed E-state index contributed by atoms with van der Waals surface area (Å²) in [5.41, 5.74) is 6.87. The van der Waals surface area contributed by atoms with Crippen LogP contribution < -0.4 is 10.5 Å². The summed E-state index contributed by atoms with van der Waals surface area (Å²) in [4.78, 5) is 4.58. The van der Waals surface area contributed by atoms with Gasteiger partial charge in [-0.05, 0) is 37.3 Å². The topological polar surface area (TPSA) is 82.3 Å². The van der Waals surface area contributed by atoms with Crippen LogP contribution in [-0.2, 0) is 9.84 Å². The van der Waals surface area contributed by atoms with Crippen molar-refractivity contribution in [3.8, 4) is 11.6 Å². The van der Waals surface area contributed by atoms with Crippen LogP contribution in [0.2, 0.25) is 0 Å². The van der Waals surface area contributed by atoms with Crippen LogP contribution >= 0.6 is 12.2 Å². The number of ether oxygens (including phenoxy) is 1. The van der Waals surface area contributed by atoms with Gasteiger partial charge in [-0.1, -0.05) is 18.3 Å². The normalized spacial score (nSPS) is 11.1. The van der Waals surface area contributed by atoms with Crippen LogP contribution in [0.5, 0.6) is 11.6 Å². The maximum absolute atomic E-state index is 11.6. The van der Waals surface area contributed by atoms with Crippen molar-refractivity contribution < 1.29 is 13.2 Å². The monoisotopic (exact) mass is 322 g/mol. The van der Waals surface area contributed by atoms with Crippen molar-refractivity contribution in [2.75, 3.05) is 6.26 Å². The first-order valence-electron chi connectivity index (χ1n) is 6.03. The Morgan fingerprint density at radius 1 is 1.29 bits per heavy atom. The van der Waals surface area contributed by atoms with Crippen LogP contribution in [-0.4, -0.2) is 24.6 Å². The SMILES string of the molecule is Cc1ccc(C(N)=S)c(Oc2cccc(S(C)(=O)=O)c2)n1. The molecule has 0 atom stereocenters. The number of aryl methyl sites for hydroxylation is 1. The number of sulfone groups is 1. The minimum atomic E-state index is -3.30. The van der Waals surface area contributed by atoms with Crippen LogP contribution in [0.15, 0.2) is 41.3 Å². The smallest absolute Gasteiger partial charge is 0.229 e. The first-order chi connectivity index (χ1) is 9.77. The maximum atomic E-state index is 11.6. The number of rotatable bonds is 4. The van der Waals surface area contributed by atoms with E-state index in [9.17, 15) is 8.42 Å². The van der Waals surface area contributed by atoms with E-state index in [1.165, 1.54) is 12.1 Å². The zero-order valence-corrected chi connectivity index (χ0v) is 13.2. The highest BCUT2D eigenvalue weighted by molar-refractivity contribution is 7.90. The van der Waals surface area contributed by atoms with Crippen molar-refractivity contribution in [3.05, 3.63) is 47.7 Å². The third-order valence-corrected chi connectivity index (χ3v) is 4.04. The van der Waals surface area contributed by atoms with E-state index in [-0.39, 0.29) is 15.8 Å². The van der Waals surface area contributed by atoms with E-state index in [4.69, 9.17) is 22.7 Å². The first kappa shape index (κ1) is 15.4. The van der Waals surface area contributed by atoms with E-state index >= 15 is 0 Å². The molecule has 2 N–H and O–H groups in total. The molecule has 0 aliphatic heterocycles. The lowest BCUT2D eigenvalue weighted by Gasteiger charge is -2.10. The molecule has 5 nitrogen and oxygen atoms in total. The van der Waals surface area contributed by atoms with E-state index in [0.717, 1.165) is 11.9 Å². The Morgan fingerprint density at radius 3 is 2.62 bits per heavy atom. The van der Waals surface area contributed by atoms with Crippen LogP contribution in [0.1, 0.15) is 11.3 Å². The molecule has 1 aromatic heterocycles. The summed E-state index contributed by atoms with van der Waals surface area (Å²) in [6.45, 7) is 1.81. The molecule has 1 heterocycles. The number of thiocarbonyl (C=S) groups is 1. The molecule has 2 rings (SSSR count). The molecule has 2 aromatic rings. The molecular weight excluding hydrogens is 308 g/mol. The quantitative estimate of drug-likeness (QED) is 0.869. The molecule has 21 heavy (non-hydrogen) atoms. The number of hydrogen-bond acceptors (Lipinski definition) is 5. The zero-order valence-electron chi connectivity index (χ0n) is 11.5. The summed E-state index contributed by atoms with van der Waals surface area (Å²) in [6, 6.07) is 9.67. The van der Waals surface area contributed by atoms with Gasteiger partial charge >= 0.3 is 0 Å². The van der Waals surface area contributed by atoms with Gasteiger partial charge in [-0.3, -0.25) is 0 Å². The molecule has 0 bridgehead atoms. The van der Waals surface area contributed by atoms with Crippen molar-refractivity contribution in [2.24, 2.45) is 5.73 Å². The molecule has 1 aromatic carbocycles. The van der Waals surface area contributed by atoms with Crippen LogP contribution in [0.4, 0.5) is 0 Å². The molecule has 0 aliphatic rings. The first-order valence-corrected chi connectivity index (χ1v) is 8.33. The van der Waals surface area contributed by atoms with Gasteiger partial charge < -0.3 is 10.5 Å². The van der Waals surface area contributed by atoms with Gasteiger partial charge in [0, 0.05) is 11.9 Å². The molecule has 0 unspecified atom stereocenters. The van der Waals surface area contributed by atoms with E-state index in [0.29, 0.717) is 11.3 Å². The van der Waals surface area contributed by atoms with Gasteiger partial charge in [0.05, 0.1) is 10.5 Å². The molecule has 0 saturated heterocycles. The molecule has 0 radical (unpaired) electrons. The van der Waals surface area contributed by atoms with Crippen LogP contribution in [0.3, 0.4) is 0 Å². The lowest BCUT2D eigenvalue weighted by atomic mass is 10.2. The molecule has 0 amide bonds. The van der Waals surface area contributed by atoms with Gasteiger partial charge in [0.2, 0.25) is 5.88 Å². The average molecular weight is 322 g/mol. The maximum Gasteiger partial charge on any atom is 0.229 e. The molecular formula is C14H14N2O3S2. The van der Waals surface area contributed by atoms with Crippen molar-refractivity contribution >= 4 is 27.0 Å². The second kappa shape index (κ2) is 5.79. The predicted octanol–water partition coefficient (Wildman–Crippen LogP) is 2.22. The fourth-order valence-corrected chi connectivity index (χ4v) is 2.49. The number of benzene rings is 1. The largest absolute Gasteiger partial charge is 0.438 e. The zero-order chi connectivity index (χ0) is 15.6. The highest BCUT2D eigenvalue weighted by Gasteiger charge is 2.12. The summed E-state index contributed by atoms with van der Waals surface area (Å²) >= 11 is 4.96. The number of aromatic nitrogens is 1. The summed E-state index contributed by atoms with van der Waals surface area (Å²) in [6.07, 6.45) is 1.14. The Hall–Kier alpha value is -1.99. The van der Waals surface area contributed by atoms with Gasteiger partial charge in [0.15, 0.2) is 9.84 Å². The highest BCUT2D eigenvalue weighted by atomic mass is 32.2. The minimum Gasteiger partial charge on any atom is -0.438 e. The van der Waals surface area contributed by atoms with E-state index in [2.05, 4.69) is 4.98 Å². The molecule has 7 heteroatoms. The number of nitrogens with zero attached hydrogens (tertiary/aromatic N) is 1. The summed E-state index contributed by atoms with van der Waals surface area (Å²) < 4.78 is 28.8. The number of nitrogens with two attached hydrogens (primary N) is 1. The highest BCUT2D eigenvalue weighted by Crippen LogP contribution is 2.25. The third-order valence-electron chi connectivity index (χ3n) is 2.71. The Bertz CT molecular complexity index is 802. The Labute approximate surface area is 128 Å². The van der Waals surface area contributed by atoms with Crippen molar-refractivity contribution in [1.82, 2.24) is 4.98 Å². The number of pyridine rings is 1. The van der Waals surface area contributed by atoms with Gasteiger partial charge in [0.25, 0.3) is 0 Å². The molecule has 110 valence electrons. The molecule has 0 fully saturated rings. The second-order valence-corrected chi connectivity index (χ2v) is 6.97. The Morgan fingerprint density at radius 2 is 2.00 bits per heavy atom. The van der Waals surface area contributed by atoms with Gasteiger partial charge in [-0.2, -0.15) is 0 Å². The summed E-state index contributed by atoms with van der Waals surface area (Å²) in [5, 5.41) is 0. The fraction of sp³-hybridized carbons (Fsp3) is 0.143. The van der Waals surface area contributed by atoms with Crippen LogP contribution in [0, 0.1) is 6.92 Å². The third kappa shape index (κ3) is 3.77. The molecule has 0 aliphatic carbocycles. The summed E-state index contributed by atoms with van der Waals surface area (Å²) in [5.74, 6) is 0.613. The van der Waals surface area contributed by atoms with E-state index in [1.54, 1.807) is 24.3 Å². The van der Waals surface area contributed by atoms with Gasteiger partial charge in [-0.25, -0.2) is 13.4 Å². The van der Waals surface area contributed by atoms with Crippen molar-refractivity contribution in [1.29, 1.82) is 0 Å². The average Bonchev–Trinajstić information content (AvgIpc) is 2.37. The Balaban J connectivity index is 2.43. The minimum absolute atomic E-state index is 0.164. The second-order valence-electron chi connectivity index (χ2n) is 4.52. The molecule has 0 spiro atoms. The predicted molar refractivity (Wildman–Crippen MR) is 84.5 cm³/mol. The summed E-state index contributed by atoms with van der Waals surface area (Å²) in [7, 11) is -3.30. The van der Waals surface area contributed by atoms with E-state index < -0.39 is 9.84 Å². The lowest BCUT2D eigenvalue weighted by molar-refractivity contribution is 0.459. The van der Waals surface area contributed by atoms with Crippen molar-refractivity contribution in [2.45, 2.75) is 11.8 Å². The van der Waals surface area contributed by atoms with Crippen molar-refractivity contribution in [3.63, 3.8) is 0 Å². The standard InChI is InChI=1S/C14H14N2O3S2/c1-9-6-7-12(13(15)20)14(16-9)19-10-4-3-5-11(8-10)21(2,17)18/h3-8H,1-2H3,(H2,15,20). The van der Waals surface area contributed by atoms with E-state index in [1.807, 2.05) is 6.92 Å². The lowest BCUT2D eigenvalue weighted by Crippen LogP contribution is -2.12. The van der Waals surface area contributed by atoms with Crippen LogP contribution in [0.25, 0.3) is 0 Å². The van der Waals surface area contributed by atoms with Gasteiger partial charge in [0.1, 0.15) is 10.7 Å².